The number of rotatable bonds is 5. The molecule has 0 radical (unpaired) electrons. The van der Waals surface area contributed by atoms with E-state index in [2.05, 4.69) is 17.1 Å². The van der Waals surface area contributed by atoms with Crippen molar-refractivity contribution in [3.63, 3.8) is 0 Å². The number of likely N-dealkylation sites (tertiary alicyclic amines) is 1. The molecule has 19 heavy (non-hydrogen) atoms. The summed E-state index contributed by atoms with van der Waals surface area (Å²) in [5.41, 5.74) is 0.825. The van der Waals surface area contributed by atoms with Gasteiger partial charge in [-0.15, -0.1) is 0 Å². The summed E-state index contributed by atoms with van der Waals surface area (Å²) in [4.78, 5) is 2.50. The SMILES string of the molecule is CC(NCC(C)N1CCCC1)c1ccc(O)cc1O. The lowest BCUT2D eigenvalue weighted by Crippen LogP contribution is -2.39. The second-order valence-corrected chi connectivity index (χ2v) is 5.47. The van der Waals surface area contributed by atoms with E-state index < -0.39 is 0 Å². The fraction of sp³-hybridized carbons (Fsp3) is 0.600. The zero-order valence-corrected chi connectivity index (χ0v) is 11.8. The van der Waals surface area contributed by atoms with E-state index in [1.54, 1.807) is 12.1 Å². The highest BCUT2D eigenvalue weighted by molar-refractivity contribution is 5.40. The molecule has 1 saturated heterocycles. The Morgan fingerprint density at radius 1 is 1.21 bits per heavy atom. The van der Waals surface area contributed by atoms with Crippen LogP contribution in [0.25, 0.3) is 0 Å². The van der Waals surface area contributed by atoms with Gasteiger partial charge in [-0.2, -0.15) is 0 Å². The first-order valence-corrected chi connectivity index (χ1v) is 7.07. The van der Waals surface area contributed by atoms with Crippen LogP contribution in [0.1, 0.15) is 38.3 Å². The standard InChI is InChI=1S/C15H24N2O2/c1-11(17-7-3-4-8-17)10-16-12(2)14-6-5-13(18)9-15(14)19/h5-6,9,11-12,16,18-19H,3-4,7-8,10H2,1-2H3. The van der Waals surface area contributed by atoms with E-state index in [9.17, 15) is 10.2 Å². The molecule has 0 bridgehead atoms. The minimum atomic E-state index is 0.0747. The van der Waals surface area contributed by atoms with Gasteiger partial charge in [0.25, 0.3) is 0 Å². The van der Waals surface area contributed by atoms with E-state index in [-0.39, 0.29) is 17.5 Å². The molecule has 3 N–H and O–H groups in total. The van der Waals surface area contributed by atoms with Crippen LogP contribution in [0.3, 0.4) is 0 Å². The van der Waals surface area contributed by atoms with Gasteiger partial charge in [0, 0.05) is 30.3 Å². The van der Waals surface area contributed by atoms with Crippen molar-refractivity contribution in [1.82, 2.24) is 10.2 Å². The molecule has 1 aromatic rings. The fourth-order valence-electron chi connectivity index (χ4n) is 2.67. The Labute approximate surface area is 115 Å². The minimum Gasteiger partial charge on any atom is -0.508 e. The van der Waals surface area contributed by atoms with Gasteiger partial charge in [-0.1, -0.05) is 6.07 Å². The number of phenolic OH excluding ortho intramolecular Hbond substituents is 2. The molecule has 2 atom stereocenters. The number of nitrogens with one attached hydrogen (secondary N) is 1. The van der Waals surface area contributed by atoms with Crippen LogP contribution >= 0.6 is 0 Å². The number of hydrogen-bond acceptors (Lipinski definition) is 4. The molecule has 2 rings (SSSR count). The lowest BCUT2D eigenvalue weighted by Gasteiger charge is -2.26. The highest BCUT2D eigenvalue weighted by Crippen LogP contribution is 2.27. The number of phenols is 2. The third-order valence-electron chi connectivity index (χ3n) is 3.96. The van der Waals surface area contributed by atoms with Crippen LogP contribution in [0.2, 0.25) is 0 Å². The predicted molar refractivity (Wildman–Crippen MR) is 76.5 cm³/mol. The minimum absolute atomic E-state index is 0.0747. The van der Waals surface area contributed by atoms with Gasteiger partial charge in [0.1, 0.15) is 11.5 Å². The first kappa shape index (κ1) is 14.2. The second-order valence-electron chi connectivity index (χ2n) is 5.47. The Morgan fingerprint density at radius 2 is 1.89 bits per heavy atom. The second kappa shape index (κ2) is 6.26. The van der Waals surface area contributed by atoms with Gasteiger partial charge in [0.05, 0.1) is 0 Å². The van der Waals surface area contributed by atoms with Crippen LogP contribution in [0.4, 0.5) is 0 Å². The van der Waals surface area contributed by atoms with E-state index in [1.807, 2.05) is 6.92 Å². The Hall–Kier alpha value is -1.26. The average Bonchev–Trinajstić information content (AvgIpc) is 2.89. The van der Waals surface area contributed by atoms with Crippen LogP contribution < -0.4 is 5.32 Å². The Kier molecular flexibility index (Phi) is 4.66. The van der Waals surface area contributed by atoms with Gasteiger partial charge in [0.2, 0.25) is 0 Å². The third kappa shape index (κ3) is 3.61. The van der Waals surface area contributed by atoms with Gasteiger partial charge < -0.3 is 15.5 Å². The van der Waals surface area contributed by atoms with Crippen LogP contribution in [-0.2, 0) is 0 Å². The van der Waals surface area contributed by atoms with Crippen molar-refractivity contribution in [1.29, 1.82) is 0 Å². The van der Waals surface area contributed by atoms with Crippen LogP contribution in [-0.4, -0.2) is 40.8 Å². The predicted octanol–water partition coefficient (Wildman–Crippen LogP) is 2.23. The molecule has 1 aliphatic rings. The first-order chi connectivity index (χ1) is 9.08. The van der Waals surface area contributed by atoms with E-state index >= 15 is 0 Å². The van der Waals surface area contributed by atoms with Crippen molar-refractivity contribution in [2.24, 2.45) is 0 Å². The van der Waals surface area contributed by atoms with Crippen LogP contribution in [0, 0.1) is 0 Å². The Balaban J connectivity index is 1.88. The van der Waals surface area contributed by atoms with Gasteiger partial charge in [-0.05, 0) is 45.8 Å². The molecule has 1 aliphatic heterocycles. The monoisotopic (exact) mass is 264 g/mol. The van der Waals surface area contributed by atoms with E-state index in [1.165, 1.54) is 32.0 Å². The van der Waals surface area contributed by atoms with E-state index in [4.69, 9.17) is 0 Å². The molecule has 4 nitrogen and oxygen atoms in total. The Bertz CT molecular complexity index is 417. The largest absolute Gasteiger partial charge is 0.508 e. The summed E-state index contributed by atoms with van der Waals surface area (Å²) in [6.07, 6.45) is 2.61. The lowest BCUT2D eigenvalue weighted by molar-refractivity contribution is 0.246. The number of hydrogen-bond donors (Lipinski definition) is 3. The molecule has 4 heteroatoms. The maximum absolute atomic E-state index is 9.83. The van der Waals surface area contributed by atoms with Gasteiger partial charge >= 0.3 is 0 Å². The Morgan fingerprint density at radius 3 is 2.53 bits per heavy atom. The quantitative estimate of drug-likeness (QED) is 0.763. The van der Waals surface area contributed by atoms with Crippen molar-refractivity contribution >= 4 is 0 Å². The summed E-state index contributed by atoms with van der Waals surface area (Å²) < 4.78 is 0. The molecule has 0 aliphatic carbocycles. The van der Waals surface area contributed by atoms with Crippen molar-refractivity contribution in [3.05, 3.63) is 23.8 Å². The summed E-state index contributed by atoms with van der Waals surface area (Å²) >= 11 is 0. The van der Waals surface area contributed by atoms with Gasteiger partial charge in [0.15, 0.2) is 0 Å². The van der Waals surface area contributed by atoms with Crippen LogP contribution in [0.15, 0.2) is 18.2 Å². The molecule has 0 amide bonds. The molecular formula is C15H24N2O2. The van der Waals surface area contributed by atoms with Crippen molar-refractivity contribution in [2.45, 2.75) is 38.8 Å². The topological polar surface area (TPSA) is 55.7 Å². The molecule has 0 spiro atoms. The summed E-state index contributed by atoms with van der Waals surface area (Å²) in [5, 5.41) is 22.6. The zero-order valence-electron chi connectivity index (χ0n) is 11.8. The highest BCUT2D eigenvalue weighted by Gasteiger charge is 2.19. The van der Waals surface area contributed by atoms with Crippen molar-refractivity contribution in [2.75, 3.05) is 19.6 Å². The molecule has 1 aromatic carbocycles. The van der Waals surface area contributed by atoms with E-state index in [0.717, 1.165) is 12.1 Å². The summed E-state index contributed by atoms with van der Waals surface area (Å²) in [6, 6.07) is 5.35. The molecule has 0 aromatic heterocycles. The fourth-order valence-corrected chi connectivity index (χ4v) is 2.67. The summed E-state index contributed by atoms with van der Waals surface area (Å²) in [6.45, 7) is 7.56. The number of benzene rings is 1. The van der Waals surface area contributed by atoms with Crippen LogP contribution in [0.5, 0.6) is 11.5 Å². The maximum atomic E-state index is 9.83. The number of aromatic hydroxyl groups is 2. The van der Waals surface area contributed by atoms with Gasteiger partial charge in [-0.3, -0.25) is 4.90 Å². The molecule has 2 unspecified atom stereocenters. The third-order valence-corrected chi connectivity index (χ3v) is 3.96. The normalized spacial score (nSPS) is 19.5. The zero-order chi connectivity index (χ0) is 13.8. The molecule has 106 valence electrons. The number of nitrogens with zero attached hydrogens (tertiary/aromatic N) is 1. The first-order valence-electron chi connectivity index (χ1n) is 7.07. The molecule has 0 saturated carbocycles. The molecule has 1 fully saturated rings. The maximum Gasteiger partial charge on any atom is 0.124 e. The van der Waals surface area contributed by atoms with E-state index in [0.29, 0.717) is 6.04 Å². The average molecular weight is 264 g/mol. The smallest absolute Gasteiger partial charge is 0.124 e. The van der Waals surface area contributed by atoms with Crippen molar-refractivity contribution < 1.29 is 10.2 Å². The van der Waals surface area contributed by atoms with Gasteiger partial charge in [-0.25, -0.2) is 0 Å². The highest BCUT2D eigenvalue weighted by atomic mass is 16.3. The molecule has 1 heterocycles. The molecular weight excluding hydrogens is 240 g/mol. The summed E-state index contributed by atoms with van der Waals surface area (Å²) in [7, 11) is 0. The summed E-state index contributed by atoms with van der Waals surface area (Å²) in [5.74, 6) is 0.243. The lowest BCUT2D eigenvalue weighted by atomic mass is 10.1. The van der Waals surface area contributed by atoms with Crippen molar-refractivity contribution in [3.8, 4) is 11.5 Å².